The summed E-state index contributed by atoms with van der Waals surface area (Å²) >= 11 is 0. The monoisotopic (exact) mass is 301 g/mol. The number of carbonyl (C=O) groups excluding carboxylic acids is 2. The van der Waals surface area contributed by atoms with Crippen LogP contribution in [0.25, 0.3) is 0 Å². The van der Waals surface area contributed by atoms with Crippen LogP contribution in [0.3, 0.4) is 0 Å². The van der Waals surface area contributed by atoms with Gasteiger partial charge in [-0.05, 0) is 13.3 Å². The van der Waals surface area contributed by atoms with Crippen molar-refractivity contribution < 1.29 is 9.59 Å². The van der Waals surface area contributed by atoms with E-state index in [1.807, 2.05) is 0 Å². The summed E-state index contributed by atoms with van der Waals surface area (Å²) in [6, 6.07) is -0.655. The van der Waals surface area contributed by atoms with Crippen molar-refractivity contribution in [3.05, 3.63) is 12.4 Å². The van der Waals surface area contributed by atoms with Crippen molar-refractivity contribution in [2.75, 3.05) is 11.4 Å². The molecule has 1 aliphatic heterocycles. The molecule has 3 N–H and O–H groups in total. The van der Waals surface area contributed by atoms with E-state index in [2.05, 4.69) is 10.4 Å². The maximum atomic E-state index is 12.2. The molecule has 8 heteroatoms. The van der Waals surface area contributed by atoms with Gasteiger partial charge in [0.1, 0.15) is 6.04 Å². The third-order valence-electron chi connectivity index (χ3n) is 3.05. The molecule has 1 aliphatic rings. The van der Waals surface area contributed by atoms with E-state index in [-0.39, 0.29) is 36.7 Å². The predicted octanol–water partition coefficient (Wildman–Crippen LogP) is -0.199. The van der Waals surface area contributed by atoms with Crippen LogP contribution in [0.2, 0.25) is 0 Å². The summed E-state index contributed by atoms with van der Waals surface area (Å²) in [6.45, 7) is 2.35. The number of nitrogens with zero attached hydrogens (tertiary/aromatic N) is 3. The molecule has 2 amide bonds. The van der Waals surface area contributed by atoms with E-state index in [0.29, 0.717) is 13.0 Å². The van der Waals surface area contributed by atoms with Gasteiger partial charge in [-0.15, -0.1) is 12.4 Å². The molecule has 0 bridgehead atoms. The van der Waals surface area contributed by atoms with Crippen LogP contribution >= 0.6 is 12.4 Å². The number of hydrogen-bond acceptors (Lipinski definition) is 4. The van der Waals surface area contributed by atoms with Crippen molar-refractivity contribution in [3.8, 4) is 0 Å². The first-order valence-corrected chi connectivity index (χ1v) is 6.32. The van der Waals surface area contributed by atoms with Crippen LogP contribution in [0.1, 0.15) is 19.8 Å². The van der Waals surface area contributed by atoms with Crippen molar-refractivity contribution in [3.63, 3.8) is 0 Å². The minimum absolute atomic E-state index is 0. The van der Waals surface area contributed by atoms with Gasteiger partial charge >= 0.3 is 0 Å². The fourth-order valence-corrected chi connectivity index (χ4v) is 2.16. The summed E-state index contributed by atoms with van der Waals surface area (Å²) in [6.07, 6.45) is 4.27. The molecule has 2 atom stereocenters. The molecule has 0 spiro atoms. The van der Waals surface area contributed by atoms with Crippen molar-refractivity contribution in [2.45, 2.75) is 31.8 Å². The molecule has 2 unspecified atom stereocenters. The zero-order valence-electron chi connectivity index (χ0n) is 11.6. The molecule has 0 aromatic carbocycles. The average molecular weight is 302 g/mol. The normalized spacial score (nSPS) is 19.6. The van der Waals surface area contributed by atoms with Crippen LogP contribution in [0.15, 0.2) is 12.4 Å². The number of halogens is 1. The first-order chi connectivity index (χ1) is 8.97. The number of nitrogens with one attached hydrogen (secondary N) is 1. The highest BCUT2D eigenvalue weighted by atomic mass is 35.5. The van der Waals surface area contributed by atoms with Gasteiger partial charge in [-0.25, -0.2) is 0 Å². The maximum absolute atomic E-state index is 12.2. The zero-order valence-corrected chi connectivity index (χ0v) is 12.4. The maximum Gasteiger partial charge on any atom is 0.249 e. The molecule has 0 saturated carbocycles. The second-order valence-corrected chi connectivity index (χ2v) is 4.95. The quantitative estimate of drug-likeness (QED) is 0.805. The highest BCUT2D eigenvalue weighted by molar-refractivity contribution is 6.01. The van der Waals surface area contributed by atoms with Gasteiger partial charge in [-0.1, -0.05) is 0 Å². The minimum atomic E-state index is -0.452. The number of hydrogen-bond donors (Lipinski definition) is 2. The average Bonchev–Trinajstić information content (AvgIpc) is 2.86. The fraction of sp³-hybridized carbons (Fsp3) is 0.583. The number of aryl methyl sites for hydroxylation is 1. The zero-order chi connectivity index (χ0) is 14.0. The summed E-state index contributed by atoms with van der Waals surface area (Å²) in [5, 5.41) is 6.77. The highest BCUT2D eigenvalue weighted by Gasteiger charge is 2.34. The van der Waals surface area contributed by atoms with Gasteiger partial charge in [0.05, 0.1) is 11.9 Å². The Morgan fingerprint density at radius 1 is 1.65 bits per heavy atom. The number of anilines is 1. The van der Waals surface area contributed by atoms with E-state index in [4.69, 9.17) is 5.73 Å². The molecule has 112 valence electrons. The molecular weight excluding hydrogens is 282 g/mol. The standard InChI is InChI=1S/C12H19N5O2.ClH/c1-8(13)5-11(18)15-10-3-4-17(12(10)19)9-6-14-16(2)7-9;/h6-8,10H,3-5,13H2,1-2H3,(H,15,18);1H. The Morgan fingerprint density at radius 3 is 2.90 bits per heavy atom. The van der Waals surface area contributed by atoms with Crippen LogP contribution in [0, 0.1) is 0 Å². The SMILES string of the molecule is CC(N)CC(=O)NC1CCN(c2cnn(C)c2)C1=O.Cl. The van der Waals surface area contributed by atoms with Gasteiger partial charge in [-0.3, -0.25) is 14.3 Å². The lowest BCUT2D eigenvalue weighted by molar-refractivity contribution is -0.126. The largest absolute Gasteiger partial charge is 0.344 e. The summed E-state index contributed by atoms with van der Waals surface area (Å²) in [4.78, 5) is 25.4. The van der Waals surface area contributed by atoms with Gasteiger partial charge in [0, 0.05) is 32.3 Å². The minimum Gasteiger partial charge on any atom is -0.344 e. The summed E-state index contributed by atoms with van der Waals surface area (Å²) in [5.74, 6) is -0.271. The molecule has 0 aliphatic carbocycles. The Kier molecular flexibility index (Phi) is 5.52. The predicted molar refractivity (Wildman–Crippen MR) is 77.6 cm³/mol. The Balaban J connectivity index is 0.00000200. The van der Waals surface area contributed by atoms with Crippen LogP contribution in [0.4, 0.5) is 5.69 Å². The summed E-state index contributed by atoms with van der Waals surface area (Å²) in [5.41, 5.74) is 6.32. The molecule has 2 heterocycles. The van der Waals surface area contributed by atoms with Gasteiger partial charge < -0.3 is 16.0 Å². The molecule has 20 heavy (non-hydrogen) atoms. The van der Waals surface area contributed by atoms with E-state index >= 15 is 0 Å². The van der Waals surface area contributed by atoms with Gasteiger partial charge in [-0.2, -0.15) is 5.10 Å². The lowest BCUT2D eigenvalue weighted by atomic mass is 10.2. The topological polar surface area (TPSA) is 93.2 Å². The van der Waals surface area contributed by atoms with E-state index in [0.717, 1.165) is 5.69 Å². The van der Waals surface area contributed by atoms with Gasteiger partial charge in [0.2, 0.25) is 11.8 Å². The summed E-state index contributed by atoms with van der Waals surface area (Å²) < 4.78 is 1.64. The first-order valence-electron chi connectivity index (χ1n) is 6.32. The first kappa shape index (κ1) is 16.5. The Hall–Kier alpha value is -1.60. The van der Waals surface area contributed by atoms with Crippen LogP contribution in [-0.2, 0) is 16.6 Å². The number of rotatable bonds is 4. The van der Waals surface area contributed by atoms with Gasteiger partial charge in [0.15, 0.2) is 0 Å². The smallest absolute Gasteiger partial charge is 0.249 e. The number of nitrogens with two attached hydrogens (primary N) is 1. The lowest BCUT2D eigenvalue weighted by Gasteiger charge is -2.15. The molecule has 7 nitrogen and oxygen atoms in total. The van der Waals surface area contributed by atoms with Crippen LogP contribution in [0.5, 0.6) is 0 Å². The number of aromatic nitrogens is 2. The number of carbonyl (C=O) groups is 2. The van der Waals surface area contributed by atoms with Crippen molar-refractivity contribution in [1.29, 1.82) is 0 Å². The molecular formula is C12H20ClN5O2. The highest BCUT2D eigenvalue weighted by Crippen LogP contribution is 2.20. The second kappa shape index (κ2) is 6.71. The molecule has 1 fully saturated rings. The third kappa shape index (κ3) is 3.71. The Morgan fingerprint density at radius 2 is 2.35 bits per heavy atom. The third-order valence-corrected chi connectivity index (χ3v) is 3.05. The lowest BCUT2D eigenvalue weighted by Crippen LogP contribution is -2.42. The summed E-state index contributed by atoms with van der Waals surface area (Å²) in [7, 11) is 1.80. The van der Waals surface area contributed by atoms with E-state index in [1.54, 1.807) is 35.9 Å². The van der Waals surface area contributed by atoms with Crippen molar-refractivity contribution in [1.82, 2.24) is 15.1 Å². The molecule has 1 aromatic rings. The fourth-order valence-electron chi connectivity index (χ4n) is 2.16. The molecule has 1 saturated heterocycles. The van der Waals surface area contributed by atoms with Crippen molar-refractivity contribution >= 4 is 29.9 Å². The van der Waals surface area contributed by atoms with E-state index in [1.165, 1.54) is 0 Å². The van der Waals surface area contributed by atoms with E-state index < -0.39 is 6.04 Å². The van der Waals surface area contributed by atoms with Gasteiger partial charge in [0.25, 0.3) is 0 Å². The Bertz CT molecular complexity index is 488. The van der Waals surface area contributed by atoms with Crippen molar-refractivity contribution in [2.24, 2.45) is 12.8 Å². The molecule has 2 rings (SSSR count). The molecule has 0 radical (unpaired) electrons. The number of amides is 2. The van der Waals surface area contributed by atoms with Crippen LogP contribution < -0.4 is 16.0 Å². The van der Waals surface area contributed by atoms with Crippen LogP contribution in [-0.4, -0.2) is 40.2 Å². The molecule has 1 aromatic heterocycles. The Labute approximate surface area is 123 Å². The second-order valence-electron chi connectivity index (χ2n) is 4.95. The van der Waals surface area contributed by atoms with E-state index in [9.17, 15) is 9.59 Å².